The van der Waals surface area contributed by atoms with Crippen molar-refractivity contribution in [3.63, 3.8) is 0 Å². The second-order valence-electron chi connectivity index (χ2n) is 3.64. The standard InChI is InChI=1S/C12H14N2O2S/c1-4-11(15)13-12-14(2)9-6-5-8(16-3)7-10(9)17-12/h5-7H,4H2,1-3H3. The Morgan fingerprint density at radius 3 is 2.94 bits per heavy atom. The largest absolute Gasteiger partial charge is 0.497 e. The number of hydrogen-bond donors (Lipinski definition) is 0. The van der Waals surface area contributed by atoms with Crippen molar-refractivity contribution in [3.05, 3.63) is 23.0 Å². The zero-order chi connectivity index (χ0) is 12.4. The summed E-state index contributed by atoms with van der Waals surface area (Å²) in [5.74, 6) is 0.715. The fourth-order valence-electron chi connectivity index (χ4n) is 1.53. The van der Waals surface area contributed by atoms with Crippen molar-refractivity contribution >= 4 is 27.5 Å². The topological polar surface area (TPSA) is 43.6 Å². The minimum Gasteiger partial charge on any atom is -0.497 e. The predicted octanol–water partition coefficient (Wildman–Crippen LogP) is 2.09. The number of thiazole rings is 1. The van der Waals surface area contributed by atoms with Gasteiger partial charge in [-0.15, -0.1) is 0 Å². The van der Waals surface area contributed by atoms with E-state index in [0.717, 1.165) is 20.8 Å². The van der Waals surface area contributed by atoms with E-state index < -0.39 is 0 Å². The normalized spacial score (nSPS) is 12.1. The van der Waals surface area contributed by atoms with Gasteiger partial charge in [0, 0.05) is 13.5 Å². The fourth-order valence-corrected chi connectivity index (χ4v) is 2.60. The van der Waals surface area contributed by atoms with Gasteiger partial charge >= 0.3 is 0 Å². The first kappa shape index (κ1) is 11.9. The summed E-state index contributed by atoms with van der Waals surface area (Å²) in [6.07, 6.45) is 0.428. The summed E-state index contributed by atoms with van der Waals surface area (Å²) in [7, 11) is 3.55. The Balaban J connectivity index is 2.64. The molecule has 0 saturated heterocycles. The minimum atomic E-state index is -0.0980. The number of amides is 1. The van der Waals surface area contributed by atoms with Crippen LogP contribution >= 0.6 is 11.3 Å². The molecule has 90 valence electrons. The number of carbonyl (C=O) groups excluding carboxylic acids is 1. The smallest absolute Gasteiger partial charge is 0.248 e. The SMILES string of the molecule is CCC(=O)N=c1sc2cc(OC)ccc2n1C. The Morgan fingerprint density at radius 1 is 1.53 bits per heavy atom. The maximum absolute atomic E-state index is 11.3. The van der Waals surface area contributed by atoms with Gasteiger partial charge in [-0.2, -0.15) is 4.99 Å². The summed E-state index contributed by atoms with van der Waals surface area (Å²) < 4.78 is 8.16. The molecule has 0 fully saturated rings. The average molecular weight is 250 g/mol. The molecule has 1 aromatic heterocycles. The highest BCUT2D eigenvalue weighted by molar-refractivity contribution is 7.16. The van der Waals surface area contributed by atoms with E-state index in [1.165, 1.54) is 11.3 Å². The zero-order valence-corrected chi connectivity index (χ0v) is 10.9. The number of aromatic nitrogens is 1. The number of hydrogen-bond acceptors (Lipinski definition) is 3. The van der Waals surface area contributed by atoms with Crippen LogP contribution < -0.4 is 9.54 Å². The molecule has 0 unspecified atom stereocenters. The highest BCUT2D eigenvalue weighted by atomic mass is 32.1. The monoisotopic (exact) mass is 250 g/mol. The number of fused-ring (bicyclic) bond motifs is 1. The molecule has 0 spiro atoms. The van der Waals surface area contributed by atoms with Crippen molar-refractivity contribution in [1.82, 2.24) is 4.57 Å². The van der Waals surface area contributed by atoms with Crippen molar-refractivity contribution in [2.45, 2.75) is 13.3 Å². The molecule has 2 rings (SSSR count). The van der Waals surface area contributed by atoms with Gasteiger partial charge < -0.3 is 9.30 Å². The van der Waals surface area contributed by atoms with Gasteiger partial charge in [0.2, 0.25) is 5.91 Å². The number of carbonyl (C=O) groups is 1. The van der Waals surface area contributed by atoms with Crippen LogP contribution in [0.25, 0.3) is 10.2 Å². The average Bonchev–Trinajstić information content (AvgIpc) is 2.65. The Labute approximate surface area is 103 Å². The summed E-state index contributed by atoms with van der Waals surface area (Å²) in [6, 6.07) is 5.83. The maximum atomic E-state index is 11.3. The molecule has 0 atom stereocenters. The third-order valence-electron chi connectivity index (χ3n) is 2.54. The Hall–Kier alpha value is -1.62. The van der Waals surface area contributed by atoms with Gasteiger partial charge in [-0.3, -0.25) is 4.79 Å². The van der Waals surface area contributed by atoms with E-state index in [9.17, 15) is 4.79 Å². The molecule has 4 nitrogen and oxygen atoms in total. The van der Waals surface area contributed by atoms with Gasteiger partial charge in [0.05, 0.1) is 17.3 Å². The number of nitrogens with zero attached hydrogens (tertiary/aromatic N) is 2. The lowest BCUT2D eigenvalue weighted by Gasteiger charge is -1.99. The second-order valence-corrected chi connectivity index (χ2v) is 4.65. The van der Waals surface area contributed by atoms with Crippen LogP contribution in [-0.2, 0) is 11.8 Å². The van der Waals surface area contributed by atoms with Crippen molar-refractivity contribution in [3.8, 4) is 5.75 Å². The van der Waals surface area contributed by atoms with E-state index in [0.29, 0.717) is 6.42 Å². The summed E-state index contributed by atoms with van der Waals surface area (Å²) >= 11 is 1.49. The molecule has 0 aliphatic carbocycles. The van der Waals surface area contributed by atoms with E-state index in [2.05, 4.69) is 4.99 Å². The highest BCUT2D eigenvalue weighted by Crippen LogP contribution is 2.22. The lowest BCUT2D eigenvalue weighted by molar-refractivity contribution is -0.117. The van der Waals surface area contributed by atoms with Gasteiger partial charge in [0.1, 0.15) is 5.75 Å². The molecule has 5 heteroatoms. The number of ether oxygens (including phenoxy) is 1. The van der Waals surface area contributed by atoms with Gasteiger partial charge in [0.15, 0.2) is 4.80 Å². The Bertz CT molecular complexity index is 625. The maximum Gasteiger partial charge on any atom is 0.248 e. The molecule has 0 aliphatic heterocycles. The highest BCUT2D eigenvalue weighted by Gasteiger charge is 2.05. The molecular formula is C12H14N2O2S. The molecule has 2 aromatic rings. The molecular weight excluding hydrogens is 236 g/mol. The molecule has 1 heterocycles. The van der Waals surface area contributed by atoms with Crippen LogP contribution in [0.3, 0.4) is 0 Å². The lowest BCUT2D eigenvalue weighted by Crippen LogP contribution is -2.12. The number of methoxy groups -OCH3 is 1. The van der Waals surface area contributed by atoms with Gasteiger partial charge in [-0.25, -0.2) is 0 Å². The van der Waals surface area contributed by atoms with E-state index in [-0.39, 0.29) is 5.91 Å². The fraction of sp³-hybridized carbons (Fsp3) is 0.333. The minimum absolute atomic E-state index is 0.0980. The lowest BCUT2D eigenvalue weighted by atomic mass is 10.3. The summed E-state index contributed by atoms with van der Waals surface area (Å²) in [4.78, 5) is 16.1. The molecule has 0 N–H and O–H groups in total. The first-order chi connectivity index (χ1) is 8.15. The van der Waals surface area contributed by atoms with Crippen LogP contribution in [0.2, 0.25) is 0 Å². The molecule has 17 heavy (non-hydrogen) atoms. The van der Waals surface area contributed by atoms with E-state index in [4.69, 9.17) is 4.74 Å². The van der Waals surface area contributed by atoms with Crippen LogP contribution in [-0.4, -0.2) is 17.6 Å². The molecule has 0 aliphatic rings. The molecule has 0 bridgehead atoms. The third kappa shape index (κ3) is 2.24. The van der Waals surface area contributed by atoms with E-state index in [1.54, 1.807) is 7.11 Å². The number of aryl methyl sites for hydroxylation is 1. The summed E-state index contributed by atoms with van der Waals surface area (Å²) in [6.45, 7) is 1.81. The predicted molar refractivity (Wildman–Crippen MR) is 68.2 cm³/mol. The molecule has 0 saturated carbocycles. The number of rotatable bonds is 2. The van der Waals surface area contributed by atoms with Crippen molar-refractivity contribution < 1.29 is 9.53 Å². The van der Waals surface area contributed by atoms with Crippen LogP contribution in [0, 0.1) is 0 Å². The van der Waals surface area contributed by atoms with Crippen molar-refractivity contribution in [2.24, 2.45) is 12.0 Å². The number of benzene rings is 1. The van der Waals surface area contributed by atoms with Gasteiger partial charge in [0.25, 0.3) is 0 Å². The summed E-state index contributed by atoms with van der Waals surface area (Å²) in [5, 5.41) is 0. The van der Waals surface area contributed by atoms with Gasteiger partial charge in [-0.1, -0.05) is 18.3 Å². The first-order valence-electron chi connectivity index (χ1n) is 5.37. The van der Waals surface area contributed by atoms with Crippen LogP contribution in [0.1, 0.15) is 13.3 Å². The van der Waals surface area contributed by atoms with Crippen LogP contribution in [0.5, 0.6) is 5.75 Å². The van der Waals surface area contributed by atoms with Crippen molar-refractivity contribution in [1.29, 1.82) is 0 Å². The Kier molecular flexibility index (Phi) is 3.28. The Morgan fingerprint density at radius 2 is 2.29 bits per heavy atom. The van der Waals surface area contributed by atoms with Crippen molar-refractivity contribution in [2.75, 3.05) is 7.11 Å². The van der Waals surface area contributed by atoms with Crippen LogP contribution in [0.15, 0.2) is 23.2 Å². The van der Waals surface area contributed by atoms with E-state index in [1.807, 2.05) is 36.7 Å². The first-order valence-corrected chi connectivity index (χ1v) is 6.18. The second kappa shape index (κ2) is 4.71. The molecule has 0 radical (unpaired) electrons. The van der Waals surface area contributed by atoms with Crippen LogP contribution in [0.4, 0.5) is 0 Å². The zero-order valence-electron chi connectivity index (χ0n) is 10.1. The molecule has 1 aromatic carbocycles. The third-order valence-corrected chi connectivity index (χ3v) is 3.63. The summed E-state index contributed by atoms with van der Waals surface area (Å²) in [5.41, 5.74) is 1.05. The van der Waals surface area contributed by atoms with E-state index >= 15 is 0 Å². The quantitative estimate of drug-likeness (QED) is 0.819. The molecule has 1 amide bonds. The van der Waals surface area contributed by atoms with Gasteiger partial charge in [-0.05, 0) is 18.2 Å².